The number of benzene rings is 2. The molecule has 0 heterocycles. The first kappa shape index (κ1) is 14.3. The van der Waals surface area contributed by atoms with E-state index in [0.29, 0.717) is 11.3 Å². The first-order chi connectivity index (χ1) is 9.52. The number of hydrogen-bond donors (Lipinski definition) is 2. The smallest absolute Gasteiger partial charge is 0.179 e. The average Bonchev–Trinajstić information content (AvgIpc) is 2.46. The van der Waals surface area contributed by atoms with Gasteiger partial charge >= 0.3 is 0 Å². The Morgan fingerprint density at radius 3 is 2.35 bits per heavy atom. The van der Waals surface area contributed by atoms with Gasteiger partial charge in [0.25, 0.3) is 0 Å². The van der Waals surface area contributed by atoms with E-state index in [2.05, 4.69) is 6.92 Å². The third-order valence-corrected chi connectivity index (χ3v) is 3.37. The highest BCUT2D eigenvalue weighted by Gasteiger charge is 2.21. The predicted molar refractivity (Wildman–Crippen MR) is 82.5 cm³/mol. The van der Waals surface area contributed by atoms with Crippen LogP contribution in [-0.4, -0.2) is 11.8 Å². The van der Waals surface area contributed by atoms with E-state index in [1.54, 1.807) is 25.1 Å². The predicted octanol–water partition coefficient (Wildman–Crippen LogP) is 2.76. The minimum Gasteiger partial charge on any atom is -0.398 e. The fraction of sp³-hybridized carbons (Fsp3) is 0.176. The molecule has 0 bridgehead atoms. The highest BCUT2D eigenvalue weighted by Crippen LogP contribution is 2.31. The Bertz CT molecular complexity index is 606. The lowest BCUT2D eigenvalue weighted by Gasteiger charge is -2.19. The standard InChI is InChI=1S/C17H19N2O/c1-11(13-7-4-3-5-8-13)16-14(17(20)12(2)18)9-6-10-15(16)19/h3-12H,1,18-19H2,2H3/t11?,12-/m0/s1. The van der Waals surface area contributed by atoms with Gasteiger partial charge in [-0.05, 0) is 31.0 Å². The molecule has 1 radical (unpaired) electrons. The molecule has 4 N–H and O–H groups in total. The normalized spacial score (nSPS) is 13.8. The van der Waals surface area contributed by atoms with Gasteiger partial charge in [0.15, 0.2) is 5.78 Å². The Hall–Kier alpha value is -2.13. The Kier molecular flexibility index (Phi) is 4.20. The summed E-state index contributed by atoms with van der Waals surface area (Å²) in [6, 6.07) is 14.5. The van der Waals surface area contributed by atoms with Crippen molar-refractivity contribution in [1.82, 2.24) is 0 Å². The van der Waals surface area contributed by atoms with E-state index < -0.39 is 6.04 Å². The summed E-state index contributed by atoms with van der Waals surface area (Å²) in [5.74, 6) is -0.313. The lowest BCUT2D eigenvalue weighted by molar-refractivity contribution is 0.0967. The molecule has 3 heteroatoms. The van der Waals surface area contributed by atoms with Crippen molar-refractivity contribution in [3.63, 3.8) is 0 Å². The van der Waals surface area contributed by atoms with Gasteiger partial charge in [-0.2, -0.15) is 0 Å². The van der Waals surface area contributed by atoms with Crippen molar-refractivity contribution in [3.05, 3.63) is 72.1 Å². The maximum absolute atomic E-state index is 12.2. The third kappa shape index (κ3) is 2.73. The second-order valence-electron chi connectivity index (χ2n) is 4.92. The molecular weight excluding hydrogens is 248 g/mol. The van der Waals surface area contributed by atoms with Crippen molar-refractivity contribution in [2.75, 3.05) is 5.73 Å². The molecule has 0 aromatic heterocycles. The van der Waals surface area contributed by atoms with Crippen molar-refractivity contribution in [1.29, 1.82) is 0 Å². The first-order valence-electron chi connectivity index (χ1n) is 6.58. The molecule has 20 heavy (non-hydrogen) atoms. The molecule has 0 aliphatic heterocycles. The molecule has 2 aromatic rings. The molecule has 0 spiro atoms. The number of nitrogen functional groups attached to an aromatic ring is 1. The number of anilines is 1. The first-order valence-corrected chi connectivity index (χ1v) is 6.58. The number of rotatable bonds is 4. The Morgan fingerprint density at radius 1 is 1.10 bits per heavy atom. The molecule has 0 amide bonds. The Morgan fingerprint density at radius 2 is 1.75 bits per heavy atom. The number of ketones is 1. The largest absolute Gasteiger partial charge is 0.398 e. The number of hydrogen-bond acceptors (Lipinski definition) is 3. The molecule has 1 unspecified atom stereocenters. The molecule has 103 valence electrons. The zero-order valence-electron chi connectivity index (χ0n) is 11.5. The van der Waals surface area contributed by atoms with Crippen LogP contribution in [0.3, 0.4) is 0 Å². The third-order valence-electron chi connectivity index (χ3n) is 3.37. The van der Waals surface area contributed by atoms with Gasteiger partial charge < -0.3 is 11.5 Å². The number of carbonyl (C=O) groups is 1. The molecule has 0 aliphatic carbocycles. The SMILES string of the molecule is [CH2]C(c1ccccc1)c1c(N)cccc1C(=O)[C@H](C)N. The summed E-state index contributed by atoms with van der Waals surface area (Å²) in [6.07, 6.45) is 0. The van der Waals surface area contributed by atoms with E-state index in [0.717, 1.165) is 11.1 Å². The second kappa shape index (κ2) is 5.88. The highest BCUT2D eigenvalue weighted by molar-refractivity contribution is 6.02. The summed E-state index contributed by atoms with van der Waals surface area (Å²) in [5, 5.41) is 0. The van der Waals surface area contributed by atoms with Crippen LogP contribution in [-0.2, 0) is 0 Å². The zero-order chi connectivity index (χ0) is 14.7. The van der Waals surface area contributed by atoms with E-state index in [-0.39, 0.29) is 11.7 Å². The summed E-state index contributed by atoms with van der Waals surface area (Å²) >= 11 is 0. The zero-order valence-corrected chi connectivity index (χ0v) is 11.5. The molecule has 2 atom stereocenters. The summed E-state index contributed by atoms with van der Waals surface area (Å²) in [5.41, 5.74) is 14.7. The van der Waals surface area contributed by atoms with E-state index >= 15 is 0 Å². The van der Waals surface area contributed by atoms with Gasteiger partial charge in [0, 0.05) is 17.2 Å². The molecule has 3 nitrogen and oxygen atoms in total. The van der Waals surface area contributed by atoms with Gasteiger partial charge in [-0.3, -0.25) is 4.79 Å². The summed E-state index contributed by atoms with van der Waals surface area (Å²) < 4.78 is 0. The van der Waals surface area contributed by atoms with Gasteiger partial charge in [0.1, 0.15) is 0 Å². The van der Waals surface area contributed by atoms with Crippen LogP contribution in [0.15, 0.2) is 48.5 Å². The van der Waals surface area contributed by atoms with Crippen molar-refractivity contribution in [2.45, 2.75) is 18.9 Å². The van der Waals surface area contributed by atoms with E-state index in [9.17, 15) is 4.79 Å². The van der Waals surface area contributed by atoms with Crippen molar-refractivity contribution in [2.24, 2.45) is 5.73 Å². The summed E-state index contributed by atoms with van der Waals surface area (Å²) in [6.45, 7) is 5.85. The van der Waals surface area contributed by atoms with Crippen LogP contribution in [0.1, 0.15) is 34.3 Å². The fourth-order valence-electron chi connectivity index (χ4n) is 2.28. The van der Waals surface area contributed by atoms with Crippen LogP contribution in [0.5, 0.6) is 0 Å². The monoisotopic (exact) mass is 267 g/mol. The molecular formula is C17H19N2O. The second-order valence-corrected chi connectivity index (χ2v) is 4.92. The maximum Gasteiger partial charge on any atom is 0.179 e. The van der Waals surface area contributed by atoms with E-state index in [4.69, 9.17) is 11.5 Å². The van der Waals surface area contributed by atoms with Crippen LogP contribution in [0, 0.1) is 6.92 Å². The molecule has 2 aromatic carbocycles. The van der Waals surface area contributed by atoms with Crippen molar-refractivity contribution >= 4 is 11.5 Å². The number of nitrogens with two attached hydrogens (primary N) is 2. The molecule has 0 fully saturated rings. The maximum atomic E-state index is 12.2. The van der Waals surface area contributed by atoms with E-state index in [1.807, 2.05) is 30.3 Å². The van der Waals surface area contributed by atoms with E-state index in [1.165, 1.54) is 0 Å². The van der Waals surface area contributed by atoms with Gasteiger partial charge in [-0.15, -0.1) is 0 Å². The lowest BCUT2D eigenvalue weighted by Crippen LogP contribution is -2.28. The van der Waals surface area contributed by atoms with Gasteiger partial charge in [-0.25, -0.2) is 0 Å². The molecule has 0 saturated heterocycles. The van der Waals surface area contributed by atoms with Gasteiger partial charge in [0.2, 0.25) is 0 Å². The fourth-order valence-corrected chi connectivity index (χ4v) is 2.28. The van der Waals surface area contributed by atoms with Crippen LogP contribution in [0.25, 0.3) is 0 Å². The van der Waals surface area contributed by atoms with Crippen LogP contribution in [0.4, 0.5) is 5.69 Å². The van der Waals surface area contributed by atoms with Crippen molar-refractivity contribution in [3.8, 4) is 0 Å². The van der Waals surface area contributed by atoms with Crippen molar-refractivity contribution < 1.29 is 4.79 Å². The quantitative estimate of drug-likeness (QED) is 0.661. The minimum absolute atomic E-state index is 0.114. The molecule has 0 aliphatic rings. The molecule has 0 saturated carbocycles. The number of carbonyl (C=O) groups excluding carboxylic acids is 1. The van der Waals surface area contributed by atoms with Crippen LogP contribution >= 0.6 is 0 Å². The van der Waals surface area contributed by atoms with Crippen LogP contribution in [0.2, 0.25) is 0 Å². The van der Waals surface area contributed by atoms with Crippen LogP contribution < -0.4 is 11.5 Å². The minimum atomic E-state index is -0.557. The highest BCUT2D eigenvalue weighted by atomic mass is 16.1. The topological polar surface area (TPSA) is 69.1 Å². The average molecular weight is 267 g/mol. The Labute approximate surface area is 119 Å². The molecule has 2 rings (SSSR count). The van der Waals surface area contributed by atoms with Gasteiger partial charge in [-0.1, -0.05) is 42.5 Å². The summed E-state index contributed by atoms with van der Waals surface area (Å²) in [4.78, 5) is 12.2. The van der Waals surface area contributed by atoms with Gasteiger partial charge in [0.05, 0.1) is 6.04 Å². The Balaban J connectivity index is 2.53. The summed E-state index contributed by atoms with van der Waals surface area (Å²) in [7, 11) is 0. The number of Topliss-reactive ketones (excluding diaryl/α,β-unsaturated/α-hetero) is 1. The lowest BCUT2D eigenvalue weighted by atomic mass is 9.86.